The van der Waals surface area contributed by atoms with Crippen LogP contribution in [0.15, 0.2) is 109 Å². The van der Waals surface area contributed by atoms with Gasteiger partial charge in [0.05, 0.1) is 44.5 Å². The SMILES string of the molecule is CC(C)(C)c1ccc2c(c1)c1cc(C(C)(C)C)ccc1n2-c1ccc(-n2c3ccc(C(C)(C)C)cc3c3cc(C(C)(C)C)ccc32)c2nc3ccccc3nc12. The monoisotopic (exact) mass is 734 g/mol. The Bertz CT molecular complexity index is 2700. The Hall–Kier alpha value is -5.48. The number of hydrogen-bond donors (Lipinski definition) is 0. The van der Waals surface area contributed by atoms with E-state index in [1.807, 2.05) is 0 Å². The van der Waals surface area contributed by atoms with Crippen LogP contribution in [0, 0.1) is 0 Å². The van der Waals surface area contributed by atoms with Gasteiger partial charge >= 0.3 is 0 Å². The lowest BCUT2D eigenvalue weighted by Gasteiger charge is -2.20. The third kappa shape index (κ3) is 5.71. The summed E-state index contributed by atoms with van der Waals surface area (Å²) in [6.45, 7) is 27.5. The van der Waals surface area contributed by atoms with E-state index < -0.39 is 0 Å². The number of hydrogen-bond acceptors (Lipinski definition) is 2. The smallest absolute Gasteiger partial charge is 0.116 e. The lowest BCUT2D eigenvalue weighted by Crippen LogP contribution is -2.10. The summed E-state index contributed by atoms with van der Waals surface area (Å²) in [5.41, 5.74) is 15.7. The summed E-state index contributed by atoms with van der Waals surface area (Å²) < 4.78 is 4.85. The summed E-state index contributed by atoms with van der Waals surface area (Å²) in [5.74, 6) is 0. The van der Waals surface area contributed by atoms with Crippen LogP contribution in [0.4, 0.5) is 0 Å². The van der Waals surface area contributed by atoms with E-state index in [1.54, 1.807) is 0 Å². The summed E-state index contributed by atoms with van der Waals surface area (Å²) in [6.07, 6.45) is 0. The van der Waals surface area contributed by atoms with Crippen molar-refractivity contribution < 1.29 is 0 Å². The van der Waals surface area contributed by atoms with Gasteiger partial charge in [-0.25, -0.2) is 9.97 Å². The quantitative estimate of drug-likeness (QED) is 0.166. The van der Waals surface area contributed by atoms with Gasteiger partial charge in [0.2, 0.25) is 0 Å². The summed E-state index contributed by atoms with van der Waals surface area (Å²) in [4.78, 5) is 11.0. The minimum atomic E-state index is 0.0204. The predicted octanol–water partition coefficient (Wildman–Crippen LogP) is 14.2. The van der Waals surface area contributed by atoms with Gasteiger partial charge in [0.25, 0.3) is 0 Å². The molecule has 6 aromatic carbocycles. The van der Waals surface area contributed by atoms with Crippen LogP contribution < -0.4 is 0 Å². The van der Waals surface area contributed by atoms with Crippen LogP contribution in [-0.2, 0) is 21.7 Å². The Morgan fingerprint density at radius 2 is 0.607 bits per heavy atom. The molecule has 0 saturated carbocycles. The van der Waals surface area contributed by atoms with Gasteiger partial charge in [0, 0.05) is 21.5 Å². The van der Waals surface area contributed by atoms with Crippen molar-refractivity contribution in [2.45, 2.75) is 105 Å². The molecule has 282 valence electrons. The standard InChI is InChI=1S/C52H54N4/c1-49(2,3)31-17-21-41-35(27-31)36-28-32(50(4,5)6)18-22-42(36)55(41)45-25-26-46(48-47(45)53-39-15-13-14-16-40(39)54-48)56-43-23-19-33(51(7,8)9)29-37(43)38-30-34(52(10,11)12)20-24-44(38)56/h13-30H,1-12H3. The maximum atomic E-state index is 5.49. The Morgan fingerprint density at radius 1 is 0.339 bits per heavy atom. The van der Waals surface area contributed by atoms with E-state index in [2.05, 4.69) is 201 Å². The summed E-state index contributed by atoms with van der Waals surface area (Å²) >= 11 is 0. The maximum Gasteiger partial charge on any atom is 0.116 e. The molecule has 4 heteroatoms. The number of rotatable bonds is 2. The second-order valence-corrected chi connectivity index (χ2v) is 20.1. The number of fused-ring (bicyclic) bond motifs is 8. The zero-order valence-electron chi connectivity index (χ0n) is 35.2. The first-order valence-electron chi connectivity index (χ1n) is 20.2. The normalized spacial score (nSPS) is 13.4. The van der Waals surface area contributed by atoms with Gasteiger partial charge in [-0.2, -0.15) is 0 Å². The van der Waals surface area contributed by atoms with Gasteiger partial charge in [-0.3, -0.25) is 0 Å². The van der Waals surface area contributed by atoms with Gasteiger partial charge < -0.3 is 9.13 Å². The van der Waals surface area contributed by atoms with Crippen molar-refractivity contribution in [3.8, 4) is 11.4 Å². The third-order valence-corrected chi connectivity index (χ3v) is 11.9. The minimum Gasteiger partial charge on any atom is -0.307 e. The Kier molecular flexibility index (Phi) is 7.76. The van der Waals surface area contributed by atoms with Crippen LogP contribution in [-0.4, -0.2) is 19.1 Å². The predicted molar refractivity (Wildman–Crippen MR) is 241 cm³/mol. The Balaban J connectivity index is 1.41. The molecule has 0 saturated heterocycles. The molecule has 0 N–H and O–H groups in total. The zero-order valence-corrected chi connectivity index (χ0v) is 35.2. The first-order valence-corrected chi connectivity index (χ1v) is 20.2. The van der Waals surface area contributed by atoms with Crippen molar-refractivity contribution >= 4 is 65.7 Å². The molecule has 3 heterocycles. The molecule has 0 aliphatic carbocycles. The average molecular weight is 735 g/mol. The molecule has 9 rings (SSSR count). The molecular formula is C52H54N4. The van der Waals surface area contributed by atoms with Gasteiger partial charge in [-0.1, -0.05) is 119 Å². The van der Waals surface area contributed by atoms with E-state index in [9.17, 15) is 0 Å². The first kappa shape index (κ1) is 36.2. The van der Waals surface area contributed by atoms with Crippen molar-refractivity contribution in [2.75, 3.05) is 0 Å². The van der Waals surface area contributed by atoms with E-state index in [-0.39, 0.29) is 21.7 Å². The molecule has 0 radical (unpaired) electrons. The molecule has 0 spiro atoms. The second-order valence-electron chi connectivity index (χ2n) is 20.1. The number of benzene rings is 6. The molecule has 0 aliphatic rings. The van der Waals surface area contributed by atoms with E-state index in [1.165, 1.54) is 65.9 Å². The molecule has 0 fully saturated rings. The topological polar surface area (TPSA) is 35.6 Å². The average Bonchev–Trinajstić information content (AvgIpc) is 3.63. The van der Waals surface area contributed by atoms with Crippen LogP contribution in [0.1, 0.15) is 105 Å². The van der Waals surface area contributed by atoms with Crippen molar-refractivity contribution in [3.63, 3.8) is 0 Å². The van der Waals surface area contributed by atoms with Gasteiger partial charge in [-0.05, 0) is 117 Å². The van der Waals surface area contributed by atoms with Gasteiger partial charge in [0.1, 0.15) is 11.0 Å². The fourth-order valence-corrected chi connectivity index (χ4v) is 8.47. The van der Waals surface area contributed by atoms with Crippen LogP contribution in [0.25, 0.3) is 77.1 Å². The highest BCUT2D eigenvalue weighted by atomic mass is 15.0. The summed E-state index contributed by atoms with van der Waals surface area (Å²) in [5, 5.41) is 5.04. The van der Waals surface area contributed by atoms with Crippen molar-refractivity contribution in [1.82, 2.24) is 19.1 Å². The minimum absolute atomic E-state index is 0.0204. The van der Waals surface area contributed by atoms with Crippen molar-refractivity contribution in [2.24, 2.45) is 0 Å². The Labute approximate surface area is 331 Å². The molecule has 0 atom stereocenters. The molecule has 0 unspecified atom stereocenters. The largest absolute Gasteiger partial charge is 0.307 e. The number of aromatic nitrogens is 4. The first-order chi connectivity index (χ1) is 26.3. The molecular weight excluding hydrogens is 681 g/mol. The molecule has 0 bridgehead atoms. The van der Waals surface area contributed by atoms with Crippen LogP contribution in [0.3, 0.4) is 0 Å². The molecule has 3 aromatic heterocycles. The molecule has 0 amide bonds. The van der Waals surface area contributed by atoms with Gasteiger partial charge in [0.15, 0.2) is 0 Å². The maximum absolute atomic E-state index is 5.49. The van der Waals surface area contributed by atoms with E-state index >= 15 is 0 Å². The number of nitrogens with zero attached hydrogens (tertiary/aromatic N) is 4. The highest BCUT2D eigenvalue weighted by molar-refractivity contribution is 6.13. The summed E-state index contributed by atoms with van der Waals surface area (Å²) in [6, 6.07) is 40.9. The molecule has 0 aliphatic heterocycles. The molecule has 4 nitrogen and oxygen atoms in total. The molecule has 56 heavy (non-hydrogen) atoms. The van der Waals surface area contributed by atoms with E-state index in [0.29, 0.717) is 0 Å². The van der Waals surface area contributed by atoms with E-state index in [0.717, 1.165) is 33.4 Å². The number of para-hydroxylation sites is 2. The highest BCUT2D eigenvalue weighted by Gasteiger charge is 2.25. The fourth-order valence-electron chi connectivity index (χ4n) is 8.47. The highest BCUT2D eigenvalue weighted by Crippen LogP contribution is 2.42. The second kappa shape index (κ2) is 12.0. The zero-order chi connectivity index (χ0) is 39.7. The van der Waals surface area contributed by atoms with Crippen molar-refractivity contribution in [3.05, 3.63) is 131 Å². The fraction of sp³-hybridized carbons (Fsp3) is 0.308. The van der Waals surface area contributed by atoms with Crippen LogP contribution in [0.2, 0.25) is 0 Å². The van der Waals surface area contributed by atoms with Crippen molar-refractivity contribution in [1.29, 1.82) is 0 Å². The lowest BCUT2D eigenvalue weighted by molar-refractivity contribution is 0.590. The molecule has 9 aromatic rings. The van der Waals surface area contributed by atoms with E-state index in [4.69, 9.17) is 9.97 Å². The lowest BCUT2D eigenvalue weighted by atomic mass is 9.85. The Morgan fingerprint density at radius 3 is 0.857 bits per heavy atom. The third-order valence-electron chi connectivity index (χ3n) is 11.9. The van der Waals surface area contributed by atoms with Crippen LogP contribution >= 0.6 is 0 Å². The van der Waals surface area contributed by atoms with Crippen LogP contribution in [0.5, 0.6) is 0 Å². The summed E-state index contributed by atoms with van der Waals surface area (Å²) in [7, 11) is 0. The van der Waals surface area contributed by atoms with Gasteiger partial charge in [-0.15, -0.1) is 0 Å².